The van der Waals surface area contributed by atoms with Crippen molar-refractivity contribution in [3.05, 3.63) is 24.3 Å². The van der Waals surface area contributed by atoms with E-state index < -0.39 is 0 Å². The summed E-state index contributed by atoms with van der Waals surface area (Å²) in [5, 5.41) is 8.74. The third kappa shape index (κ3) is 7.34. The Labute approximate surface area is 142 Å². The molecule has 1 aliphatic carbocycles. The van der Waals surface area contributed by atoms with Crippen molar-refractivity contribution in [1.82, 2.24) is 10.6 Å². The van der Waals surface area contributed by atoms with Crippen molar-refractivity contribution >= 4 is 29.9 Å². The Balaban J connectivity index is 0.00000264. The minimum Gasteiger partial charge on any atom is -0.484 e. The first-order valence-electron chi connectivity index (χ1n) is 7.70. The van der Waals surface area contributed by atoms with Crippen LogP contribution in [0.5, 0.6) is 5.75 Å². The first-order chi connectivity index (χ1) is 10.7. The Bertz CT molecular complexity index is 521. The minimum atomic E-state index is -0.162. The molecule has 1 saturated carbocycles. The van der Waals surface area contributed by atoms with Gasteiger partial charge in [0.05, 0.1) is 0 Å². The first kappa shape index (κ1) is 19.3. The summed E-state index contributed by atoms with van der Waals surface area (Å²) < 4.78 is 5.44. The summed E-state index contributed by atoms with van der Waals surface area (Å²) in [5.74, 6) is 0.617. The zero-order valence-corrected chi connectivity index (χ0v) is 14.1. The maximum absolute atomic E-state index is 11.7. The topological polar surface area (TPSA) is 79.5 Å². The van der Waals surface area contributed by atoms with Crippen LogP contribution in [0.1, 0.15) is 19.8 Å². The number of amides is 2. The van der Waals surface area contributed by atoms with Crippen LogP contribution in [-0.4, -0.2) is 38.1 Å². The van der Waals surface area contributed by atoms with Crippen LogP contribution in [0.25, 0.3) is 0 Å². The molecule has 0 radical (unpaired) electrons. The highest BCUT2D eigenvalue weighted by molar-refractivity contribution is 5.94. The molecule has 128 valence electrons. The van der Waals surface area contributed by atoms with Gasteiger partial charge >= 0.3 is 0 Å². The highest BCUT2D eigenvalue weighted by atomic mass is 35.5. The maximum atomic E-state index is 11.7. The van der Waals surface area contributed by atoms with Crippen molar-refractivity contribution in [3.63, 3.8) is 0 Å². The number of likely N-dealkylation sites (N-methyl/N-ethyl adjacent to an activating group) is 1. The number of benzene rings is 1. The van der Waals surface area contributed by atoms with Crippen LogP contribution in [0.3, 0.4) is 0 Å². The van der Waals surface area contributed by atoms with Gasteiger partial charge in [0.15, 0.2) is 6.61 Å². The van der Waals surface area contributed by atoms with Gasteiger partial charge in [-0.15, -0.1) is 12.4 Å². The fourth-order valence-electron chi connectivity index (χ4n) is 1.92. The van der Waals surface area contributed by atoms with Crippen LogP contribution in [0.2, 0.25) is 0 Å². The van der Waals surface area contributed by atoms with Crippen LogP contribution >= 0.6 is 12.4 Å². The van der Waals surface area contributed by atoms with Gasteiger partial charge in [-0.2, -0.15) is 0 Å². The van der Waals surface area contributed by atoms with Gasteiger partial charge in [-0.05, 0) is 31.5 Å². The molecule has 6 nitrogen and oxygen atoms in total. The molecule has 3 N–H and O–H groups in total. The highest BCUT2D eigenvalue weighted by Gasteiger charge is 2.29. The standard InChI is InChI=1S/C16H23N3O3.ClH/c1-2-17-8-9-18-15(20)11-22-14-5-3-4-13(10-14)19-16(21)12-6-7-12;/h3-5,10,12,17H,2,6-9,11H2,1H3,(H,18,20)(H,19,21);1H. The molecule has 0 atom stereocenters. The van der Waals surface area contributed by atoms with E-state index in [1.165, 1.54) is 0 Å². The van der Waals surface area contributed by atoms with E-state index in [1.807, 2.05) is 13.0 Å². The van der Waals surface area contributed by atoms with Gasteiger partial charge < -0.3 is 20.7 Å². The summed E-state index contributed by atoms with van der Waals surface area (Å²) in [6.45, 7) is 4.18. The van der Waals surface area contributed by atoms with E-state index in [1.54, 1.807) is 18.2 Å². The van der Waals surface area contributed by atoms with E-state index in [2.05, 4.69) is 16.0 Å². The third-order valence-electron chi connectivity index (χ3n) is 3.29. The van der Waals surface area contributed by atoms with Gasteiger partial charge in [0, 0.05) is 30.8 Å². The normalized spacial score (nSPS) is 12.9. The molecule has 1 aromatic rings. The molecular formula is C16H24ClN3O3. The summed E-state index contributed by atoms with van der Waals surface area (Å²) in [4.78, 5) is 23.3. The first-order valence-corrected chi connectivity index (χ1v) is 7.70. The number of ether oxygens (including phenoxy) is 1. The zero-order chi connectivity index (χ0) is 15.8. The number of rotatable bonds is 9. The fourth-order valence-corrected chi connectivity index (χ4v) is 1.92. The molecule has 0 spiro atoms. The summed E-state index contributed by atoms with van der Waals surface area (Å²) in [6, 6.07) is 7.09. The molecule has 1 aliphatic rings. The van der Waals surface area contributed by atoms with E-state index >= 15 is 0 Å². The minimum absolute atomic E-state index is 0. The lowest BCUT2D eigenvalue weighted by atomic mass is 10.3. The van der Waals surface area contributed by atoms with Gasteiger partial charge in [0.2, 0.25) is 5.91 Å². The van der Waals surface area contributed by atoms with Crippen molar-refractivity contribution < 1.29 is 14.3 Å². The predicted octanol–water partition coefficient (Wildman–Crippen LogP) is 1.56. The van der Waals surface area contributed by atoms with Crippen LogP contribution in [0, 0.1) is 5.92 Å². The third-order valence-corrected chi connectivity index (χ3v) is 3.29. The van der Waals surface area contributed by atoms with Crippen LogP contribution in [0.4, 0.5) is 5.69 Å². The van der Waals surface area contributed by atoms with Crippen molar-refractivity contribution in [2.24, 2.45) is 5.92 Å². The van der Waals surface area contributed by atoms with E-state index in [4.69, 9.17) is 4.74 Å². The Morgan fingerprint density at radius 2 is 2.04 bits per heavy atom. The molecule has 0 saturated heterocycles. The predicted molar refractivity (Wildman–Crippen MR) is 92.1 cm³/mol. The van der Waals surface area contributed by atoms with E-state index in [0.29, 0.717) is 18.0 Å². The van der Waals surface area contributed by atoms with Gasteiger partial charge in [-0.3, -0.25) is 9.59 Å². The number of anilines is 1. The Kier molecular flexibility index (Phi) is 8.43. The molecule has 2 amide bonds. The van der Waals surface area contributed by atoms with Gasteiger partial charge in [-0.1, -0.05) is 13.0 Å². The lowest BCUT2D eigenvalue weighted by Crippen LogP contribution is -2.34. The summed E-state index contributed by atoms with van der Waals surface area (Å²) in [7, 11) is 0. The molecular weight excluding hydrogens is 318 g/mol. The number of nitrogens with one attached hydrogen (secondary N) is 3. The van der Waals surface area contributed by atoms with Crippen LogP contribution < -0.4 is 20.7 Å². The number of hydrogen-bond donors (Lipinski definition) is 3. The van der Waals surface area contributed by atoms with Crippen molar-refractivity contribution in [2.75, 3.05) is 31.6 Å². The molecule has 0 aromatic heterocycles. The van der Waals surface area contributed by atoms with Crippen molar-refractivity contribution in [3.8, 4) is 5.75 Å². The van der Waals surface area contributed by atoms with E-state index in [9.17, 15) is 9.59 Å². The molecule has 0 bridgehead atoms. The second-order valence-electron chi connectivity index (χ2n) is 5.28. The Hall–Kier alpha value is -1.79. The second kappa shape index (κ2) is 10.1. The smallest absolute Gasteiger partial charge is 0.257 e. The molecule has 1 fully saturated rings. The van der Waals surface area contributed by atoms with Crippen molar-refractivity contribution in [1.29, 1.82) is 0 Å². The van der Waals surface area contributed by atoms with E-state index in [0.717, 1.165) is 25.9 Å². The van der Waals surface area contributed by atoms with Crippen molar-refractivity contribution in [2.45, 2.75) is 19.8 Å². The molecule has 23 heavy (non-hydrogen) atoms. The number of halogens is 1. The lowest BCUT2D eigenvalue weighted by Gasteiger charge is -2.09. The number of hydrogen-bond acceptors (Lipinski definition) is 4. The second-order valence-corrected chi connectivity index (χ2v) is 5.28. The molecule has 7 heteroatoms. The maximum Gasteiger partial charge on any atom is 0.257 e. The average molecular weight is 342 g/mol. The monoisotopic (exact) mass is 341 g/mol. The SMILES string of the molecule is CCNCCNC(=O)COc1cccc(NC(=O)C2CC2)c1.Cl. The van der Waals surface area contributed by atoms with Crippen LogP contribution in [0.15, 0.2) is 24.3 Å². The molecule has 0 aliphatic heterocycles. The molecule has 1 aromatic carbocycles. The van der Waals surface area contributed by atoms with Gasteiger partial charge in [0.1, 0.15) is 5.75 Å². The zero-order valence-electron chi connectivity index (χ0n) is 13.3. The van der Waals surface area contributed by atoms with Gasteiger partial charge in [0.25, 0.3) is 5.91 Å². The Morgan fingerprint density at radius 3 is 2.74 bits per heavy atom. The molecule has 2 rings (SSSR count). The van der Waals surface area contributed by atoms with E-state index in [-0.39, 0.29) is 36.7 Å². The number of carbonyl (C=O) groups is 2. The van der Waals surface area contributed by atoms with Gasteiger partial charge in [-0.25, -0.2) is 0 Å². The summed E-state index contributed by atoms with van der Waals surface area (Å²) >= 11 is 0. The Morgan fingerprint density at radius 1 is 1.26 bits per heavy atom. The highest BCUT2D eigenvalue weighted by Crippen LogP contribution is 2.30. The number of carbonyl (C=O) groups excluding carboxylic acids is 2. The quantitative estimate of drug-likeness (QED) is 0.596. The fraction of sp³-hybridized carbons (Fsp3) is 0.500. The summed E-state index contributed by atoms with van der Waals surface area (Å²) in [6.07, 6.45) is 1.93. The largest absolute Gasteiger partial charge is 0.484 e. The van der Waals surface area contributed by atoms with Crippen LogP contribution in [-0.2, 0) is 9.59 Å². The lowest BCUT2D eigenvalue weighted by molar-refractivity contribution is -0.123. The molecule has 0 unspecified atom stereocenters. The summed E-state index contributed by atoms with van der Waals surface area (Å²) in [5.41, 5.74) is 0.696. The average Bonchev–Trinajstić information content (AvgIpc) is 3.35. The molecule has 0 heterocycles.